The van der Waals surface area contributed by atoms with Gasteiger partial charge in [-0.05, 0) is 38.3 Å². The number of hydrogen-bond donors (Lipinski definition) is 1. The minimum absolute atomic E-state index is 0.0174. The fraction of sp³-hybridized carbons (Fsp3) is 0.417. The van der Waals surface area contributed by atoms with Crippen molar-refractivity contribution in [1.29, 1.82) is 0 Å². The first-order chi connectivity index (χ1) is 13.4. The standard InChI is InChI=1S/C24H32N2O2/c1-5-10-23(27)26(17-21-14-9-11-19(4)15-21)22(24(28)25-18(2)3)16-20-12-7-6-8-13-20/h6-9,11-15,18,22H,5,10,16-17H2,1-4H3,(H,25,28)/t22-/m0/s1. The highest BCUT2D eigenvalue weighted by Gasteiger charge is 2.30. The monoisotopic (exact) mass is 380 g/mol. The second-order valence-corrected chi connectivity index (χ2v) is 7.63. The maximum atomic E-state index is 13.1. The molecule has 1 N–H and O–H groups in total. The molecule has 2 aromatic rings. The summed E-state index contributed by atoms with van der Waals surface area (Å²) in [4.78, 5) is 27.8. The highest BCUT2D eigenvalue weighted by Crippen LogP contribution is 2.17. The molecule has 0 saturated carbocycles. The van der Waals surface area contributed by atoms with E-state index in [2.05, 4.69) is 11.4 Å². The van der Waals surface area contributed by atoms with Crippen molar-refractivity contribution in [1.82, 2.24) is 10.2 Å². The van der Waals surface area contributed by atoms with Gasteiger partial charge >= 0.3 is 0 Å². The predicted molar refractivity (Wildman–Crippen MR) is 114 cm³/mol. The number of rotatable bonds is 9. The first kappa shape index (κ1) is 21.7. The first-order valence-corrected chi connectivity index (χ1v) is 10.1. The van der Waals surface area contributed by atoms with Gasteiger partial charge in [0, 0.05) is 25.4 Å². The molecule has 0 aliphatic rings. The number of aryl methyl sites for hydroxylation is 1. The Morgan fingerprint density at radius 1 is 1.00 bits per heavy atom. The van der Waals surface area contributed by atoms with E-state index in [0.29, 0.717) is 19.4 Å². The molecule has 150 valence electrons. The van der Waals surface area contributed by atoms with Crippen LogP contribution >= 0.6 is 0 Å². The average Bonchev–Trinajstić information content (AvgIpc) is 2.65. The Morgan fingerprint density at radius 2 is 1.68 bits per heavy atom. The highest BCUT2D eigenvalue weighted by atomic mass is 16.2. The summed E-state index contributed by atoms with van der Waals surface area (Å²) in [6, 6.07) is 17.5. The van der Waals surface area contributed by atoms with Crippen molar-refractivity contribution < 1.29 is 9.59 Å². The Kier molecular flexibility index (Phi) is 8.24. The van der Waals surface area contributed by atoms with Crippen molar-refractivity contribution in [3.05, 3.63) is 71.3 Å². The fourth-order valence-corrected chi connectivity index (χ4v) is 3.30. The van der Waals surface area contributed by atoms with Gasteiger partial charge in [0.15, 0.2) is 0 Å². The van der Waals surface area contributed by atoms with Crippen molar-refractivity contribution in [2.24, 2.45) is 0 Å². The number of benzene rings is 2. The summed E-state index contributed by atoms with van der Waals surface area (Å²) in [5.74, 6) is -0.0835. The van der Waals surface area contributed by atoms with Crippen LogP contribution in [-0.2, 0) is 22.6 Å². The van der Waals surface area contributed by atoms with Gasteiger partial charge in [-0.2, -0.15) is 0 Å². The van der Waals surface area contributed by atoms with Gasteiger partial charge in [0.25, 0.3) is 0 Å². The Bertz CT molecular complexity index is 771. The molecule has 4 heteroatoms. The van der Waals surface area contributed by atoms with Crippen LogP contribution in [0.15, 0.2) is 54.6 Å². The van der Waals surface area contributed by atoms with Gasteiger partial charge in [-0.1, -0.05) is 67.1 Å². The zero-order valence-corrected chi connectivity index (χ0v) is 17.4. The molecule has 0 radical (unpaired) electrons. The lowest BCUT2D eigenvalue weighted by Crippen LogP contribution is -2.51. The van der Waals surface area contributed by atoms with E-state index in [4.69, 9.17) is 0 Å². The van der Waals surface area contributed by atoms with Gasteiger partial charge in [-0.25, -0.2) is 0 Å². The molecule has 1 atom stereocenters. The van der Waals surface area contributed by atoms with E-state index in [9.17, 15) is 9.59 Å². The molecule has 0 bridgehead atoms. The minimum Gasteiger partial charge on any atom is -0.352 e. The Labute approximate surface area is 169 Å². The topological polar surface area (TPSA) is 49.4 Å². The van der Waals surface area contributed by atoms with Crippen LogP contribution in [0.4, 0.5) is 0 Å². The SMILES string of the molecule is CCCC(=O)N(Cc1cccc(C)c1)[C@@H](Cc1ccccc1)C(=O)NC(C)C. The van der Waals surface area contributed by atoms with Crippen LogP contribution in [0, 0.1) is 6.92 Å². The third-order valence-corrected chi connectivity index (χ3v) is 4.60. The zero-order chi connectivity index (χ0) is 20.5. The molecule has 0 aliphatic heterocycles. The number of nitrogens with one attached hydrogen (secondary N) is 1. The second kappa shape index (κ2) is 10.6. The van der Waals surface area contributed by atoms with Crippen LogP contribution in [0.1, 0.15) is 50.3 Å². The summed E-state index contributed by atoms with van der Waals surface area (Å²) in [5, 5.41) is 3.00. The molecule has 2 aromatic carbocycles. The van der Waals surface area contributed by atoms with Gasteiger partial charge in [0.05, 0.1) is 0 Å². The lowest BCUT2D eigenvalue weighted by Gasteiger charge is -2.32. The van der Waals surface area contributed by atoms with Crippen LogP contribution in [0.25, 0.3) is 0 Å². The molecule has 0 saturated heterocycles. The van der Waals surface area contributed by atoms with E-state index in [1.54, 1.807) is 4.90 Å². The van der Waals surface area contributed by atoms with Crippen molar-refractivity contribution in [3.8, 4) is 0 Å². The third-order valence-electron chi connectivity index (χ3n) is 4.60. The van der Waals surface area contributed by atoms with Crippen LogP contribution in [0.2, 0.25) is 0 Å². The molecule has 0 aromatic heterocycles. The summed E-state index contributed by atoms with van der Waals surface area (Å²) in [6.07, 6.45) is 1.69. The molecular weight excluding hydrogens is 348 g/mol. The molecule has 0 aliphatic carbocycles. The van der Waals surface area contributed by atoms with Crippen LogP contribution in [-0.4, -0.2) is 28.8 Å². The molecule has 0 spiro atoms. The summed E-state index contributed by atoms with van der Waals surface area (Å²) in [7, 11) is 0. The van der Waals surface area contributed by atoms with Crippen LogP contribution in [0.5, 0.6) is 0 Å². The molecule has 2 amide bonds. The van der Waals surface area contributed by atoms with Gasteiger partial charge in [-0.3, -0.25) is 9.59 Å². The normalized spacial score (nSPS) is 11.9. The molecule has 0 unspecified atom stereocenters. The number of amides is 2. The molecule has 2 rings (SSSR count). The molecule has 0 heterocycles. The maximum absolute atomic E-state index is 13.1. The molecular formula is C24H32N2O2. The largest absolute Gasteiger partial charge is 0.352 e. The van der Waals surface area contributed by atoms with Crippen LogP contribution < -0.4 is 5.32 Å². The Hall–Kier alpha value is -2.62. The highest BCUT2D eigenvalue weighted by molar-refractivity contribution is 5.88. The Morgan fingerprint density at radius 3 is 2.29 bits per heavy atom. The predicted octanol–water partition coefficient (Wildman–Crippen LogP) is 4.26. The maximum Gasteiger partial charge on any atom is 0.243 e. The molecule has 4 nitrogen and oxygen atoms in total. The number of nitrogens with zero attached hydrogens (tertiary/aromatic N) is 1. The fourth-order valence-electron chi connectivity index (χ4n) is 3.30. The van der Waals surface area contributed by atoms with Gasteiger partial charge < -0.3 is 10.2 Å². The lowest BCUT2D eigenvalue weighted by atomic mass is 10.0. The van der Waals surface area contributed by atoms with Gasteiger partial charge in [0.1, 0.15) is 6.04 Å². The van der Waals surface area contributed by atoms with Crippen molar-refractivity contribution in [2.45, 2.75) is 65.6 Å². The van der Waals surface area contributed by atoms with Crippen molar-refractivity contribution in [2.75, 3.05) is 0 Å². The smallest absolute Gasteiger partial charge is 0.243 e. The number of hydrogen-bond acceptors (Lipinski definition) is 2. The zero-order valence-electron chi connectivity index (χ0n) is 17.4. The average molecular weight is 381 g/mol. The minimum atomic E-state index is -0.538. The van der Waals surface area contributed by atoms with E-state index in [1.807, 2.05) is 76.2 Å². The van der Waals surface area contributed by atoms with E-state index >= 15 is 0 Å². The number of carbonyl (C=O) groups is 2. The van der Waals surface area contributed by atoms with E-state index in [1.165, 1.54) is 0 Å². The van der Waals surface area contributed by atoms with Gasteiger partial charge in [-0.15, -0.1) is 0 Å². The van der Waals surface area contributed by atoms with Crippen LogP contribution in [0.3, 0.4) is 0 Å². The summed E-state index contributed by atoms with van der Waals surface area (Å²) < 4.78 is 0. The van der Waals surface area contributed by atoms with E-state index in [-0.39, 0.29) is 17.9 Å². The van der Waals surface area contributed by atoms with Gasteiger partial charge in [0.2, 0.25) is 11.8 Å². The summed E-state index contributed by atoms with van der Waals surface area (Å²) >= 11 is 0. The quantitative estimate of drug-likeness (QED) is 0.707. The third kappa shape index (κ3) is 6.52. The van der Waals surface area contributed by atoms with Crippen molar-refractivity contribution in [3.63, 3.8) is 0 Å². The lowest BCUT2D eigenvalue weighted by molar-refractivity contribution is -0.141. The van der Waals surface area contributed by atoms with Crippen molar-refractivity contribution >= 4 is 11.8 Å². The van der Waals surface area contributed by atoms with E-state index in [0.717, 1.165) is 23.1 Å². The molecule has 28 heavy (non-hydrogen) atoms. The second-order valence-electron chi connectivity index (χ2n) is 7.63. The van der Waals surface area contributed by atoms with E-state index < -0.39 is 6.04 Å². The summed E-state index contributed by atoms with van der Waals surface area (Å²) in [5.41, 5.74) is 3.23. The molecule has 0 fully saturated rings. The number of carbonyl (C=O) groups excluding carboxylic acids is 2. The first-order valence-electron chi connectivity index (χ1n) is 10.1. The Balaban J connectivity index is 2.37. The summed E-state index contributed by atoms with van der Waals surface area (Å²) in [6.45, 7) is 8.34.